The van der Waals surface area contributed by atoms with E-state index in [9.17, 15) is 14.4 Å². The highest BCUT2D eigenvalue weighted by Crippen LogP contribution is 2.37. The number of nitrogens with one attached hydrogen (secondary N) is 1. The quantitative estimate of drug-likeness (QED) is 0.870. The van der Waals surface area contributed by atoms with Crippen LogP contribution in [0.3, 0.4) is 0 Å². The van der Waals surface area contributed by atoms with E-state index in [4.69, 9.17) is 11.6 Å². The average Bonchev–Trinajstić information content (AvgIpc) is 2.75. The van der Waals surface area contributed by atoms with E-state index >= 15 is 0 Å². The van der Waals surface area contributed by atoms with Gasteiger partial charge in [-0.2, -0.15) is 0 Å². The SMILES string of the molecule is O=C(CN1C(=O)C2CCCCC2C1=O)Nc1ccccc1Cl. The molecule has 0 bridgehead atoms. The molecule has 22 heavy (non-hydrogen) atoms. The Bertz CT molecular complexity index is 608. The Morgan fingerprint density at radius 2 is 1.73 bits per heavy atom. The molecular weight excluding hydrogens is 304 g/mol. The van der Waals surface area contributed by atoms with E-state index in [1.807, 2.05) is 0 Å². The topological polar surface area (TPSA) is 66.5 Å². The van der Waals surface area contributed by atoms with Crippen molar-refractivity contribution in [2.75, 3.05) is 11.9 Å². The van der Waals surface area contributed by atoms with E-state index in [0.717, 1.165) is 30.6 Å². The maximum Gasteiger partial charge on any atom is 0.244 e. The zero-order valence-corrected chi connectivity index (χ0v) is 12.8. The molecule has 1 saturated carbocycles. The van der Waals surface area contributed by atoms with E-state index in [0.29, 0.717) is 10.7 Å². The number of hydrogen-bond donors (Lipinski definition) is 1. The number of carbonyl (C=O) groups excluding carboxylic acids is 3. The summed E-state index contributed by atoms with van der Waals surface area (Å²) in [6.45, 7) is -0.240. The number of benzene rings is 1. The predicted molar refractivity (Wildman–Crippen MR) is 82.2 cm³/mol. The summed E-state index contributed by atoms with van der Waals surface area (Å²) in [7, 11) is 0. The van der Waals surface area contributed by atoms with Gasteiger partial charge in [-0.15, -0.1) is 0 Å². The smallest absolute Gasteiger partial charge is 0.244 e. The van der Waals surface area contributed by atoms with E-state index in [1.165, 1.54) is 0 Å². The fourth-order valence-corrected chi connectivity index (χ4v) is 3.47. The van der Waals surface area contributed by atoms with Crippen molar-refractivity contribution >= 4 is 35.0 Å². The highest BCUT2D eigenvalue weighted by molar-refractivity contribution is 6.33. The molecule has 0 radical (unpaired) electrons. The van der Waals surface area contributed by atoms with E-state index < -0.39 is 5.91 Å². The fraction of sp³-hybridized carbons (Fsp3) is 0.438. The molecule has 2 aliphatic rings. The predicted octanol–water partition coefficient (Wildman–Crippen LogP) is 2.45. The first kappa shape index (κ1) is 15.0. The first-order valence-electron chi connectivity index (χ1n) is 7.47. The number of carbonyl (C=O) groups is 3. The molecule has 2 unspecified atom stereocenters. The number of nitrogens with zero attached hydrogens (tertiary/aromatic N) is 1. The Labute approximate surface area is 133 Å². The molecule has 0 aromatic heterocycles. The summed E-state index contributed by atoms with van der Waals surface area (Å²) in [6, 6.07) is 6.85. The van der Waals surface area contributed by atoms with Gasteiger partial charge in [0, 0.05) is 0 Å². The molecule has 1 aromatic rings. The van der Waals surface area contributed by atoms with Gasteiger partial charge in [-0.3, -0.25) is 19.3 Å². The summed E-state index contributed by atoms with van der Waals surface area (Å²) in [6.07, 6.45) is 3.44. The number of hydrogen-bond acceptors (Lipinski definition) is 3. The van der Waals surface area contributed by atoms with Crippen molar-refractivity contribution < 1.29 is 14.4 Å². The molecule has 6 heteroatoms. The molecule has 2 atom stereocenters. The molecule has 1 aliphatic heterocycles. The van der Waals surface area contributed by atoms with Crippen LogP contribution in [0.15, 0.2) is 24.3 Å². The summed E-state index contributed by atoms with van der Waals surface area (Å²) in [5.41, 5.74) is 0.477. The van der Waals surface area contributed by atoms with E-state index in [2.05, 4.69) is 5.32 Å². The Balaban J connectivity index is 1.68. The minimum atomic E-state index is -0.409. The number of fused-ring (bicyclic) bond motifs is 1. The highest BCUT2D eigenvalue weighted by atomic mass is 35.5. The summed E-state index contributed by atoms with van der Waals surface area (Å²) < 4.78 is 0. The third kappa shape index (κ3) is 2.73. The Morgan fingerprint density at radius 3 is 2.32 bits per heavy atom. The molecule has 5 nitrogen and oxygen atoms in total. The number of para-hydroxylation sites is 1. The number of likely N-dealkylation sites (tertiary alicyclic amines) is 1. The van der Waals surface area contributed by atoms with Crippen molar-refractivity contribution in [1.29, 1.82) is 0 Å². The standard InChI is InChI=1S/C16H17ClN2O3/c17-12-7-3-4-8-13(12)18-14(20)9-19-15(21)10-5-1-2-6-11(10)16(19)22/h3-4,7-8,10-11H,1-2,5-6,9H2,(H,18,20). The Kier molecular flexibility index (Phi) is 4.16. The van der Waals surface area contributed by atoms with Gasteiger partial charge in [-0.25, -0.2) is 0 Å². The Hall–Kier alpha value is -1.88. The van der Waals surface area contributed by atoms with E-state index in [1.54, 1.807) is 24.3 Å². The zero-order chi connectivity index (χ0) is 15.7. The number of imide groups is 1. The van der Waals surface area contributed by atoms with Gasteiger partial charge in [-0.1, -0.05) is 36.6 Å². The second kappa shape index (κ2) is 6.08. The average molecular weight is 321 g/mol. The van der Waals surface area contributed by atoms with Crippen LogP contribution in [0.1, 0.15) is 25.7 Å². The zero-order valence-electron chi connectivity index (χ0n) is 12.0. The number of rotatable bonds is 3. The van der Waals surface area contributed by atoms with Crippen LogP contribution in [0.2, 0.25) is 5.02 Å². The van der Waals surface area contributed by atoms with Gasteiger partial charge in [-0.05, 0) is 25.0 Å². The molecule has 3 amide bonds. The van der Waals surface area contributed by atoms with Gasteiger partial charge in [0.05, 0.1) is 22.5 Å². The second-order valence-electron chi connectivity index (χ2n) is 5.79. The lowest BCUT2D eigenvalue weighted by Crippen LogP contribution is -2.38. The van der Waals surface area contributed by atoms with Crippen molar-refractivity contribution in [3.8, 4) is 0 Å². The molecule has 1 heterocycles. The lowest BCUT2D eigenvalue weighted by Gasteiger charge is -2.19. The molecule has 1 N–H and O–H groups in total. The van der Waals surface area contributed by atoms with Crippen LogP contribution >= 0.6 is 11.6 Å². The van der Waals surface area contributed by atoms with Crippen molar-refractivity contribution in [3.05, 3.63) is 29.3 Å². The number of halogens is 1. The van der Waals surface area contributed by atoms with Crippen molar-refractivity contribution in [2.45, 2.75) is 25.7 Å². The first-order valence-corrected chi connectivity index (χ1v) is 7.85. The normalized spacial score (nSPS) is 24.3. The maximum atomic E-state index is 12.3. The largest absolute Gasteiger partial charge is 0.323 e. The number of amides is 3. The van der Waals surface area contributed by atoms with Crippen LogP contribution < -0.4 is 5.32 Å². The maximum absolute atomic E-state index is 12.3. The Morgan fingerprint density at radius 1 is 1.14 bits per heavy atom. The van der Waals surface area contributed by atoms with Crippen LogP contribution in [0.4, 0.5) is 5.69 Å². The van der Waals surface area contributed by atoms with Gasteiger partial charge >= 0.3 is 0 Å². The lowest BCUT2D eigenvalue weighted by atomic mass is 9.81. The highest BCUT2D eigenvalue weighted by Gasteiger charge is 2.48. The fourth-order valence-electron chi connectivity index (χ4n) is 3.28. The van der Waals surface area contributed by atoms with Crippen LogP contribution in [-0.2, 0) is 14.4 Å². The molecule has 1 saturated heterocycles. The van der Waals surface area contributed by atoms with Crippen LogP contribution in [0, 0.1) is 11.8 Å². The molecule has 2 fully saturated rings. The van der Waals surface area contributed by atoms with E-state index in [-0.39, 0.29) is 30.2 Å². The molecule has 1 aromatic carbocycles. The summed E-state index contributed by atoms with van der Waals surface area (Å²) in [5.74, 6) is -1.27. The molecule has 0 spiro atoms. The molecule has 3 rings (SSSR count). The third-order valence-electron chi connectivity index (χ3n) is 4.38. The minimum Gasteiger partial charge on any atom is -0.323 e. The van der Waals surface area contributed by atoms with Crippen LogP contribution in [0.5, 0.6) is 0 Å². The van der Waals surface area contributed by atoms with Crippen molar-refractivity contribution in [3.63, 3.8) is 0 Å². The minimum absolute atomic E-state index is 0.205. The van der Waals surface area contributed by atoms with Crippen molar-refractivity contribution in [1.82, 2.24) is 4.90 Å². The van der Waals surface area contributed by atoms with Gasteiger partial charge in [0.1, 0.15) is 6.54 Å². The molecule has 1 aliphatic carbocycles. The van der Waals surface area contributed by atoms with Gasteiger partial charge in [0.15, 0.2) is 0 Å². The van der Waals surface area contributed by atoms with Gasteiger partial charge in [0.25, 0.3) is 0 Å². The summed E-state index contributed by atoms with van der Waals surface area (Å²) in [5, 5.41) is 3.06. The van der Waals surface area contributed by atoms with Crippen molar-refractivity contribution in [2.24, 2.45) is 11.8 Å². The summed E-state index contributed by atoms with van der Waals surface area (Å²) >= 11 is 5.98. The van der Waals surface area contributed by atoms with Gasteiger partial charge < -0.3 is 5.32 Å². The lowest BCUT2D eigenvalue weighted by molar-refractivity contribution is -0.142. The third-order valence-corrected chi connectivity index (χ3v) is 4.71. The second-order valence-corrected chi connectivity index (χ2v) is 6.20. The monoisotopic (exact) mass is 320 g/mol. The van der Waals surface area contributed by atoms with Crippen LogP contribution in [-0.4, -0.2) is 29.2 Å². The number of anilines is 1. The molecule has 116 valence electrons. The molecular formula is C16H17ClN2O3. The first-order chi connectivity index (χ1) is 10.6. The van der Waals surface area contributed by atoms with Crippen LogP contribution in [0.25, 0.3) is 0 Å². The summed E-state index contributed by atoms with van der Waals surface area (Å²) in [4.78, 5) is 37.8. The van der Waals surface area contributed by atoms with Gasteiger partial charge in [0.2, 0.25) is 17.7 Å².